The molecular formula is C29H44O4. The first-order chi connectivity index (χ1) is 15.5. The van der Waals surface area contributed by atoms with Crippen molar-refractivity contribution < 1.29 is 19.4 Å². The quantitative estimate of drug-likeness (QED) is 0.308. The van der Waals surface area contributed by atoms with Crippen molar-refractivity contribution in [2.24, 2.45) is 46.3 Å². The van der Waals surface area contributed by atoms with Crippen LogP contribution in [0.5, 0.6) is 0 Å². The Labute approximate surface area is 200 Å². The molecule has 3 fully saturated rings. The molecule has 4 aliphatic rings. The minimum absolute atomic E-state index is 0.169. The molecule has 33 heavy (non-hydrogen) atoms. The van der Waals surface area contributed by atoms with Gasteiger partial charge in [0.2, 0.25) is 11.4 Å². The molecule has 0 amide bonds. The Kier molecular flexibility index (Phi) is 6.48. The summed E-state index contributed by atoms with van der Waals surface area (Å²) < 4.78 is 5.12. The van der Waals surface area contributed by atoms with Crippen molar-refractivity contribution in [1.29, 1.82) is 0 Å². The largest absolute Gasteiger partial charge is 0.464 e. The van der Waals surface area contributed by atoms with Crippen LogP contribution in [-0.4, -0.2) is 29.1 Å². The van der Waals surface area contributed by atoms with Gasteiger partial charge in [-0.1, -0.05) is 52.8 Å². The standard InChI is InChI=1S/C29H44O4/c1-7-33-26(31)29(32)17-28(6)23-15-16-27(5)21(19(4)10-8-9-18(2)3)13-14-22(27)20(23)11-12-24(28)25(29)30/h8,10,12,18-23,32H,7,9,11,13-17H2,1-6H3. The summed E-state index contributed by atoms with van der Waals surface area (Å²) >= 11 is 0. The van der Waals surface area contributed by atoms with Gasteiger partial charge in [0.05, 0.1) is 6.61 Å². The average molecular weight is 457 g/mol. The van der Waals surface area contributed by atoms with Crippen LogP contribution in [0.4, 0.5) is 0 Å². The van der Waals surface area contributed by atoms with Crippen molar-refractivity contribution in [3.63, 3.8) is 0 Å². The van der Waals surface area contributed by atoms with Crippen LogP contribution in [0.15, 0.2) is 23.8 Å². The van der Waals surface area contributed by atoms with Crippen LogP contribution < -0.4 is 0 Å². The average Bonchev–Trinajstić information content (AvgIpc) is 3.20. The lowest BCUT2D eigenvalue weighted by Gasteiger charge is -2.55. The first kappa shape index (κ1) is 24.7. The van der Waals surface area contributed by atoms with E-state index in [4.69, 9.17) is 4.74 Å². The number of hydrogen-bond donors (Lipinski definition) is 1. The molecule has 8 unspecified atom stereocenters. The van der Waals surface area contributed by atoms with Crippen LogP contribution >= 0.6 is 0 Å². The maximum Gasteiger partial charge on any atom is 0.346 e. The lowest BCUT2D eigenvalue weighted by molar-refractivity contribution is -0.169. The Morgan fingerprint density at radius 1 is 1.21 bits per heavy atom. The number of hydrogen-bond acceptors (Lipinski definition) is 4. The molecular weight excluding hydrogens is 412 g/mol. The predicted octanol–water partition coefficient (Wildman–Crippen LogP) is 5.89. The minimum Gasteiger partial charge on any atom is -0.464 e. The van der Waals surface area contributed by atoms with E-state index in [2.05, 4.69) is 52.8 Å². The summed E-state index contributed by atoms with van der Waals surface area (Å²) in [6.07, 6.45) is 13.9. The molecule has 8 atom stereocenters. The highest BCUT2D eigenvalue weighted by atomic mass is 16.5. The minimum atomic E-state index is -2.01. The van der Waals surface area contributed by atoms with Gasteiger partial charge in [0.25, 0.3) is 0 Å². The fraction of sp³-hybridized carbons (Fsp3) is 0.793. The second-order valence-corrected chi connectivity index (χ2v) is 12.4. The van der Waals surface area contributed by atoms with Crippen molar-refractivity contribution in [2.75, 3.05) is 6.61 Å². The molecule has 0 heterocycles. The second kappa shape index (κ2) is 8.66. The fourth-order valence-electron chi connectivity index (χ4n) is 8.53. The van der Waals surface area contributed by atoms with Gasteiger partial charge in [0.1, 0.15) is 0 Å². The summed E-state index contributed by atoms with van der Waals surface area (Å²) in [5, 5.41) is 11.1. The van der Waals surface area contributed by atoms with Crippen LogP contribution in [-0.2, 0) is 14.3 Å². The molecule has 4 nitrogen and oxygen atoms in total. The summed E-state index contributed by atoms with van der Waals surface area (Å²) in [6, 6.07) is 0. The Balaban J connectivity index is 1.57. The Hall–Kier alpha value is -1.42. The van der Waals surface area contributed by atoms with E-state index < -0.39 is 22.8 Å². The maximum absolute atomic E-state index is 13.2. The molecule has 3 saturated carbocycles. The summed E-state index contributed by atoms with van der Waals surface area (Å²) in [7, 11) is 0. The summed E-state index contributed by atoms with van der Waals surface area (Å²) in [4.78, 5) is 25.8. The zero-order valence-corrected chi connectivity index (χ0v) is 21.5. The van der Waals surface area contributed by atoms with Gasteiger partial charge in [-0.25, -0.2) is 4.79 Å². The van der Waals surface area contributed by atoms with Crippen LogP contribution in [0.25, 0.3) is 0 Å². The highest BCUT2D eigenvalue weighted by molar-refractivity contribution is 6.18. The van der Waals surface area contributed by atoms with Gasteiger partial charge in [0.15, 0.2) is 0 Å². The molecule has 0 saturated heterocycles. The lowest BCUT2D eigenvalue weighted by atomic mass is 9.49. The number of carbonyl (C=O) groups excluding carboxylic acids is 2. The fourth-order valence-corrected chi connectivity index (χ4v) is 8.53. The van der Waals surface area contributed by atoms with Gasteiger partial charge < -0.3 is 9.84 Å². The molecule has 4 rings (SSSR count). The van der Waals surface area contributed by atoms with Crippen molar-refractivity contribution in [3.05, 3.63) is 23.8 Å². The molecule has 0 aromatic rings. The van der Waals surface area contributed by atoms with Gasteiger partial charge in [-0.2, -0.15) is 0 Å². The van der Waals surface area contributed by atoms with Gasteiger partial charge >= 0.3 is 5.97 Å². The van der Waals surface area contributed by atoms with E-state index in [0.29, 0.717) is 46.5 Å². The second-order valence-electron chi connectivity index (χ2n) is 12.4. The number of esters is 1. The van der Waals surface area contributed by atoms with Gasteiger partial charge in [-0.3, -0.25) is 4.79 Å². The van der Waals surface area contributed by atoms with E-state index in [-0.39, 0.29) is 13.0 Å². The van der Waals surface area contributed by atoms with E-state index in [1.165, 1.54) is 19.3 Å². The number of allylic oxidation sites excluding steroid dienone is 3. The number of aliphatic hydroxyl groups is 1. The molecule has 0 radical (unpaired) electrons. The van der Waals surface area contributed by atoms with Crippen LogP contribution in [0.3, 0.4) is 0 Å². The van der Waals surface area contributed by atoms with Crippen LogP contribution in [0, 0.1) is 46.3 Å². The third kappa shape index (κ3) is 3.75. The van der Waals surface area contributed by atoms with E-state index >= 15 is 0 Å². The van der Waals surface area contributed by atoms with E-state index in [1.807, 2.05) is 0 Å². The molecule has 0 aromatic heterocycles. The SMILES string of the molecule is CCOC(=O)C1(O)CC2(C)C(=CCC3C2CCC2(C)C(C(C)C=CCC(C)C)CCC32)C1=O. The molecule has 184 valence electrons. The normalized spacial score (nSPS) is 43.3. The third-order valence-electron chi connectivity index (χ3n) is 10.1. The van der Waals surface area contributed by atoms with E-state index in [9.17, 15) is 14.7 Å². The van der Waals surface area contributed by atoms with Crippen molar-refractivity contribution in [3.8, 4) is 0 Å². The molecule has 4 aliphatic carbocycles. The number of ether oxygens (including phenoxy) is 1. The summed E-state index contributed by atoms with van der Waals surface area (Å²) in [5.74, 6) is 2.30. The smallest absolute Gasteiger partial charge is 0.346 e. The Morgan fingerprint density at radius 3 is 2.61 bits per heavy atom. The molecule has 1 N–H and O–H groups in total. The molecule has 0 spiro atoms. The monoisotopic (exact) mass is 456 g/mol. The van der Waals surface area contributed by atoms with Crippen LogP contribution in [0.1, 0.15) is 86.5 Å². The highest BCUT2D eigenvalue weighted by Crippen LogP contribution is 2.68. The highest BCUT2D eigenvalue weighted by Gasteiger charge is 2.67. The number of rotatable bonds is 6. The molecule has 0 bridgehead atoms. The zero-order chi connectivity index (χ0) is 24.2. The topological polar surface area (TPSA) is 63.6 Å². The lowest BCUT2D eigenvalue weighted by Crippen LogP contribution is -2.49. The van der Waals surface area contributed by atoms with Crippen molar-refractivity contribution in [2.45, 2.75) is 92.1 Å². The third-order valence-corrected chi connectivity index (χ3v) is 10.1. The number of ketones is 1. The van der Waals surface area contributed by atoms with Gasteiger partial charge in [-0.05, 0) is 86.4 Å². The number of fused-ring (bicyclic) bond motifs is 5. The first-order valence-electron chi connectivity index (χ1n) is 13.3. The maximum atomic E-state index is 13.2. The summed E-state index contributed by atoms with van der Waals surface area (Å²) in [5.41, 5.74) is -1.45. The Morgan fingerprint density at radius 2 is 1.94 bits per heavy atom. The van der Waals surface area contributed by atoms with Crippen LogP contribution in [0.2, 0.25) is 0 Å². The zero-order valence-electron chi connectivity index (χ0n) is 21.5. The van der Waals surface area contributed by atoms with Gasteiger partial charge in [0, 0.05) is 17.4 Å². The predicted molar refractivity (Wildman–Crippen MR) is 130 cm³/mol. The number of carbonyl (C=O) groups is 2. The Bertz CT molecular complexity index is 856. The number of Topliss-reactive ketones (excluding diaryl/α,β-unsaturated/α-hetero) is 1. The first-order valence-corrected chi connectivity index (χ1v) is 13.3. The van der Waals surface area contributed by atoms with E-state index in [0.717, 1.165) is 19.3 Å². The van der Waals surface area contributed by atoms with Gasteiger partial charge in [-0.15, -0.1) is 0 Å². The molecule has 0 aliphatic heterocycles. The van der Waals surface area contributed by atoms with Crippen molar-refractivity contribution in [1.82, 2.24) is 0 Å². The molecule has 4 heteroatoms. The van der Waals surface area contributed by atoms with E-state index in [1.54, 1.807) is 6.92 Å². The summed E-state index contributed by atoms with van der Waals surface area (Å²) in [6.45, 7) is 13.5. The molecule has 0 aromatic carbocycles. The van der Waals surface area contributed by atoms with Crippen molar-refractivity contribution >= 4 is 11.8 Å².